The van der Waals surface area contributed by atoms with Gasteiger partial charge >= 0.3 is 5.97 Å². The van der Waals surface area contributed by atoms with Crippen LogP contribution >= 0.6 is 11.3 Å². The number of hydrogen-bond donors (Lipinski definition) is 0. The van der Waals surface area contributed by atoms with E-state index in [-0.39, 0.29) is 17.9 Å². The minimum absolute atomic E-state index is 0.0560. The first-order valence-electron chi connectivity index (χ1n) is 12.3. The van der Waals surface area contributed by atoms with E-state index in [2.05, 4.69) is 13.8 Å². The number of hydrogen-bond acceptors (Lipinski definition) is 7. The van der Waals surface area contributed by atoms with Crippen molar-refractivity contribution in [1.82, 2.24) is 4.57 Å². The molecule has 2 aromatic carbocycles. The molecule has 3 aromatic rings. The van der Waals surface area contributed by atoms with Crippen LogP contribution in [0.2, 0.25) is 0 Å². The number of nitrogens with zero attached hydrogens (tertiary/aromatic N) is 3. The number of thiazole rings is 1. The Morgan fingerprint density at radius 3 is 2.57 bits per heavy atom. The zero-order valence-corrected chi connectivity index (χ0v) is 22.1. The minimum Gasteiger partial charge on any atom is -0.463 e. The van der Waals surface area contributed by atoms with Crippen LogP contribution in [-0.2, 0) is 9.53 Å². The highest BCUT2D eigenvalue weighted by atomic mass is 32.1. The second-order valence-corrected chi connectivity index (χ2v) is 10.1. The van der Waals surface area contributed by atoms with Crippen LogP contribution in [0.1, 0.15) is 69.2 Å². The second kappa shape index (κ2) is 11.0. The number of carbonyl (C=O) groups is 1. The van der Waals surface area contributed by atoms with Crippen molar-refractivity contribution in [2.24, 2.45) is 4.99 Å². The van der Waals surface area contributed by atoms with Gasteiger partial charge in [-0.15, -0.1) is 0 Å². The summed E-state index contributed by atoms with van der Waals surface area (Å²) in [5.74, 6) is -0.151. The molecule has 4 rings (SSSR count). The van der Waals surface area contributed by atoms with E-state index in [0.717, 1.165) is 17.5 Å². The second-order valence-electron chi connectivity index (χ2n) is 9.09. The third-order valence-corrected chi connectivity index (χ3v) is 7.17. The van der Waals surface area contributed by atoms with Gasteiger partial charge in [0.25, 0.3) is 11.2 Å². The standard InChI is InChI=1S/C28H29N3O5S/c1-5-8-22-24(27(33)36-6-2)25(20-13-11-19(12-14-20)17(3)4)30-26(32)23(37-28(30)29-22)16-18-9-7-10-21(15-18)31(34)35/h7,9-17,25H,5-6,8H2,1-4H3/b23-16-/t25-/m1/s1. The lowest BCUT2D eigenvalue weighted by atomic mass is 9.92. The van der Waals surface area contributed by atoms with Gasteiger partial charge < -0.3 is 4.74 Å². The molecule has 1 atom stereocenters. The van der Waals surface area contributed by atoms with Gasteiger partial charge in [0.2, 0.25) is 0 Å². The van der Waals surface area contributed by atoms with E-state index in [0.29, 0.717) is 38.5 Å². The summed E-state index contributed by atoms with van der Waals surface area (Å²) in [5.41, 5.74) is 3.09. The Hall–Kier alpha value is -3.85. The molecule has 0 aliphatic carbocycles. The highest BCUT2D eigenvalue weighted by Gasteiger charge is 2.34. The maximum Gasteiger partial charge on any atom is 0.338 e. The number of fused-ring (bicyclic) bond motifs is 1. The number of aromatic nitrogens is 1. The number of non-ortho nitro benzene ring substituents is 1. The van der Waals surface area contributed by atoms with Crippen molar-refractivity contribution >= 4 is 29.1 Å². The summed E-state index contributed by atoms with van der Waals surface area (Å²) in [4.78, 5) is 43.0. The summed E-state index contributed by atoms with van der Waals surface area (Å²) in [6.45, 7) is 8.18. The number of allylic oxidation sites excluding steroid dienone is 1. The molecule has 0 N–H and O–H groups in total. The molecule has 0 radical (unpaired) electrons. The molecule has 0 amide bonds. The topological polar surface area (TPSA) is 104 Å². The van der Waals surface area contributed by atoms with Crippen LogP contribution in [0.5, 0.6) is 0 Å². The van der Waals surface area contributed by atoms with Crippen LogP contribution in [0.25, 0.3) is 6.08 Å². The highest BCUT2D eigenvalue weighted by molar-refractivity contribution is 7.07. The number of carbonyl (C=O) groups excluding carboxylic acids is 1. The van der Waals surface area contributed by atoms with E-state index in [9.17, 15) is 19.7 Å². The van der Waals surface area contributed by atoms with Crippen molar-refractivity contribution < 1.29 is 14.5 Å². The van der Waals surface area contributed by atoms with Gasteiger partial charge in [-0.1, -0.05) is 74.9 Å². The molecule has 1 aliphatic heterocycles. The number of benzene rings is 2. The van der Waals surface area contributed by atoms with Gasteiger partial charge in [0.05, 0.1) is 33.4 Å². The highest BCUT2D eigenvalue weighted by Crippen LogP contribution is 2.33. The van der Waals surface area contributed by atoms with Crippen molar-refractivity contribution in [3.05, 3.63) is 106 Å². The first-order chi connectivity index (χ1) is 17.7. The van der Waals surface area contributed by atoms with Gasteiger partial charge in [-0.05, 0) is 42.0 Å². The minimum atomic E-state index is -0.690. The largest absolute Gasteiger partial charge is 0.463 e. The van der Waals surface area contributed by atoms with Gasteiger partial charge in [0.15, 0.2) is 4.80 Å². The number of nitro benzene ring substituents is 1. The quantitative estimate of drug-likeness (QED) is 0.246. The van der Waals surface area contributed by atoms with Crippen LogP contribution in [-0.4, -0.2) is 22.1 Å². The Kier molecular flexibility index (Phi) is 7.83. The van der Waals surface area contributed by atoms with Crippen molar-refractivity contribution in [3.63, 3.8) is 0 Å². The lowest BCUT2D eigenvalue weighted by molar-refractivity contribution is -0.384. The summed E-state index contributed by atoms with van der Waals surface area (Å²) < 4.78 is 7.35. The summed E-state index contributed by atoms with van der Waals surface area (Å²) in [6, 6.07) is 13.4. The van der Waals surface area contributed by atoms with E-state index in [1.165, 1.54) is 23.5 Å². The maximum atomic E-state index is 13.8. The van der Waals surface area contributed by atoms with Crippen LogP contribution in [0, 0.1) is 10.1 Å². The number of esters is 1. The van der Waals surface area contributed by atoms with Crippen molar-refractivity contribution in [2.45, 2.75) is 52.5 Å². The van der Waals surface area contributed by atoms with Gasteiger partial charge in [0, 0.05) is 12.1 Å². The van der Waals surface area contributed by atoms with Crippen LogP contribution in [0.4, 0.5) is 5.69 Å². The monoisotopic (exact) mass is 519 g/mol. The summed E-state index contributed by atoms with van der Waals surface area (Å²) >= 11 is 1.21. The fraction of sp³-hybridized carbons (Fsp3) is 0.321. The predicted octanol–water partition coefficient (Wildman–Crippen LogP) is 4.61. The van der Waals surface area contributed by atoms with Gasteiger partial charge in [0.1, 0.15) is 0 Å². The molecule has 37 heavy (non-hydrogen) atoms. The molecule has 0 bridgehead atoms. The Balaban J connectivity index is 1.97. The normalized spacial score (nSPS) is 15.5. The Bertz CT molecular complexity index is 1550. The molecule has 1 aromatic heterocycles. The average Bonchev–Trinajstić information content (AvgIpc) is 3.18. The fourth-order valence-corrected chi connectivity index (χ4v) is 5.40. The third-order valence-electron chi connectivity index (χ3n) is 6.19. The van der Waals surface area contributed by atoms with Gasteiger partial charge in [-0.3, -0.25) is 19.5 Å². The Labute approximate surface area is 218 Å². The molecule has 2 heterocycles. The summed E-state index contributed by atoms with van der Waals surface area (Å²) in [6.07, 6.45) is 2.96. The molecule has 0 unspecified atom stereocenters. The lowest BCUT2D eigenvalue weighted by Gasteiger charge is -2.26. The first-order valence-corrected chi connectivity index (χ1v) is 13.1. The fourth-order valence-electron chi connectivity index (χ4n) is 4.38. The number of nitro groups is 1. The zero-order valence-electron chi connectivity index (χ0n) is 21.3. The third kappa shape index (κ3) is 5.32. The maximum absolute atomic E-state index is 13.8. The van der Waals surface area contributed by atoms with Crippen LogP contribution in [0.15, 0.2) is 69.6 Å². The van der Waals surface area contributed by atoms with Gasteiger partial charge in [-0.2, -0.15) is 0 Å². The molecule has 192 valence electrons. The average molecular weight is 520 g/mol. The van der Waals surface area contributed by atoms with Crippen molar-refractivity contribution in [1.29, 1.82) is 0 Å². The van der Waals surface area contributed by atoms with E-state index in [1.807, 2.05) is 31.2 Å². The molecule has 9 heteroatoms. The molecule has 0 saturated heterocycles. The molecular formula is C28H29N3O5S. The van der Waals surface area contributed by atoms with E-state index >= 15 is 0 Å². The number of rotatable bonds is 8. The molecule has 0 fully saturated rings. The molecule has 0 spiro atoms. The SMILES string of the molecule is CCCC1=C(C(=O)OCC)[C@@H](c2ccc(C(C)C)cc2)n2c(s/c(=C\c3cccc([N+](=O)[O-])c3)c2=O)=N1. The van der Waals surface area contributed by atoms with Crippen molar-refractivity contribution in [2.75, 3.05) is 6.61 Å². The molecule has 1 aliphatic rings. The lowest BCUT2D eigenvalue weighted by Crippen LogP contribution is -2.40. The van der Waals surface area contributed by atoms with Gasteiger partial charge in [-0.25, -0.2) is 9.79 Å². The van der Waals surface area contributed by atoms with E-state index < -0.39 is 16.9 Å². The first kappa shape index (κ1) is 26.2. The number of ether oxygens (including phenoxy) is 1. The smallest absolute Gasteiger partial charge is 0.338 e. The molecule has 0 saturated carbocycles. The Morgan fingerprint density at radius 2 is 1.95 bits per heavy atom. The predicted molar refractivity (Wildman–Crippen MR) is 143 cm³/mol. The van der Waals surface area contributed by atoms with Crippen LogP contribution < -0.4 is 14.9 Å². The summed E-state index contributed by atoms with van der Waals surface area (Å²) in [7, 11) is 0. The molecular weight excluding hydrogens is 490 g/mol. The zero-order chi connectivity index (χ0) is 26.7. The van der Waals surface area contributed by atoms with Crippen LogP contribution in [0.3, 0.4) is 0 Å². The van der Waals surface area contributed by atoms with E-state index in [4.69, 9.17) is 9.73 Å². The molecule has 8 nitrogen and oxygen atoms in total. The van der Waals surface area contributed by atoms with E-state index in [1.54, 1.807) is 29.7 Å². The van der Waals surface area contributed by atoms with Crippen molar-refractivity contribution in [3.8, 4) is 0 Å². The summed E-state index contributed by atoms with van der Waals surface area (Å²) in [5, 5.41) is 11.2. The Morgan fingerprint density at radius 1 is 1.22 bits per heavy atom.